The molecule has 0 aromatic heterocycles. The fraction of sp³-hybridized carbons (Fsp3) is 0.0667. The number of halogens is 2. The maximum Gasteiger partial charge on any atom is 0.332 e. The predicted molar refractivity (Wildman–Crippen MR) is 66.6 cm³/mol. The topological polar surface area (TPSA) is 34.1 Å². The normalized spacial score (nSPS) is 10.2. The summed E-state index contributed by atoms with van der Waals surface area (Å²) in [4.78, 5) is 21.4. The van der Waals surface area contributed by atoms with Gasteiger partial charge in [0.15, 0.2) is 0 Å². The largest absolute Gasteiger partial charge is 0.332 e. The Hall–Kier alpha value is -2.36. The summed E-state index contributed by atoms with van der Waals surface area (Å²) < 4.78 is 25.5. The van der Waals surface area contributed by atoms with E-state index in [1.165, 1.54) is 12.1 Å². The van der Waals surface area contributed by atoms with Gasteiger partial charge in [-0.15, -0.1) is 0 Å². The molecule has 2 aromatic rings. The van der Waals surface area contributed by atoms with Crippen LogP contribution in [-0.4, -0.2) is 12.1 Å². The molecule has 2 aromatic carbocycles. The van der Waals surface area contributed by atoms with Gasteiger partial charge in [-0.05, 0) is 29.7 Å². The van der Waals surface area contributed by atoms with E-state index in [2.05, 4.69) is 0 Å². The molecule has 0 radical (unpaired) electrons. The Bertz CT molecular complexity index is 621. The number of benzene rings is 2. The predicted octanol–water partition coefficient (Wildman–Crippen LogP) is 3.50. The van der Waals surface area contributed by atoms with Gasteiger partial charge in [0.1, 0.15) is 0 Å². The fourth-order valence-electron chi connectivity index (χ4n) is 1.87. The van der Waals surface area contributed by atoms with Crippen molar-refractivity contribution in [3.63, 3.8) is 0 Å². The van der Waals surface area contributed by atoms with E-state index < -0.39 is 23.2 Å². The van der Waals surface area contributed by atoms with Crippen molar-refractivity contribution in [3.05, 3.63) is 70.8 Å². The van der Waals surface area contributed by atoms with Crippen LogP contribution >= 0.6 is 0 Å². The molecule has 0 bridgehead atoms. The molecule has 0 aliphatic rings. The van der Waals surface area contributed by atoms with Gasteiger partial charge < -0.3 is 0 Å². The lowest BCUT2D eigenvalue weighted by Gasteiger charge is -2.05. The Balaban J connectivity index is 2.36. The van der Waals surface area contributed by atoms with Gasteiger partial charge in [0.2, 0.25) is 0 Å². The second kappa shape index (κ2) is 5.52. The third kappa shape index (κ3) is 3.10. The third-order valence-electron chi connectivity index (χ3n) is 2.76. The van der Waals surface area contributed by atoms with Gasteiger partial charge in [-0.25, -0.2) is 0 Å². The molecule has 19 heavy (non-hydrogen) atoms. The van der Waals surface area contributed by atoms with Gasteiger partial charge in [-0.1, -0.05) is 36.4 Å². The summed E-state index contributed by atoms with van der Waals surface area (Å²) in [7, 11) is 0. The van der Waals surface area contributed by atoms with E-state index in [-0.39, 0.29) is 0 Å². The Kier molecular flexibility index (Phi) is 3.80. The Morgan fingerprint density at radius 3 is 2.00 bits per heavy atom. The molecule has 0 spiro atoms. The summed E-state index contributed by atoms with van der Waals surface area (Å²) in [5.41, 5.74) is 0.543. The van der Waals surface area contributed by atoms with Crippen LogP contribution in [0.5, 0.6) is 0 Å². The van der Waals surface area contributed by atoms with E-state index in [4.69, 9.17) is 0 Å². The average Bonchev–Trinajstić information content (AvgIpc) is 2.39. The van der Waals surface area contributed by atoms with Crippen LogP contribution in [0.3, 0.4) is 0 Å². The molecule has 0 amide bonds. The lowest BCUT2D eigenvalue weighted by molar-refractivity contribution is 0.0796. The molecule has 0 N–H and O–H groups in total. The van der Waals surface area contributed by atoms with Crippen LogP contribution in [0.2, 0.25) is 0 Å². The lowest BCUT2D eigenvalue weighted by Crippen LogP contribution is -2.03. The summed E-state index contributed by atoms with van der Waals surface area (Å²) >= 11 is 0. The summed E-state index contributed by atoms with van der Waals surface area (Å²) in [6, 6.07) is 9.57. The molecule has 0 saturated carbocycles. The third-order valence-corrected chi connectivity index (χ3v) is 2.76. The average molecular weight is 260 g/mol. The highest BCUT2D eigenvalue weighted by molar-refractivity contribution is 6.02. The second-order valence-electron chi connectivity index (χ2n) is 4.09. The van der Waals surface area contributed by atoms with E-state index in [1.807, 2.05) is 30.3 Å². The molecule has 4 heteroatoms. The first-order chi connectivity index (χ1) is 9.08. The number of hydrogen-bond acceptors (Lipinski definition) is 2. The monoisotopic (exact) mass is 260 g/mol. The van der Waals surface area contributed by atoms with Gasteiger partial charge in [0.25, 0.3) is 0 Å². The minimum Gasteiger partial charge on any atom is -0.255 e. The van der Waals surface area contributed by atoms with E-state index in [9.17, 15) is 18.4 Å². The fourth-order valence-corrected chi connectivity index (χ4v) is 1.87. The van der Waals surface area contributed by atoms with Crippen LogP contribution in [0.25, 0.3) is 0 Å². The highest BCUT2D eigenvalue weighted by Crippen LogP contribution is 2.17. The minimum absolute atomic E-state index is 0.474. The maximum absolute atomic E-state index is 12.8. The molecule has 0 unspecified atom stereocenters. The van der Waals surface area contributed by atoms with Crippen LogP contribution in [0.1, 0.15) is 31.8 Å². The Morgan fingerprint density at radius 2 is 1.42 bits per heavy atom. The lowest BCUT2D eigenvalue weighted by atomic mass is 9.99. The molecule has 96 valence electrons. The molecule has 2 rings (SSSR count). The van der Waals surface area contributed by atoms with E-state index in [0.717, 1.165) is 11.6 Å². The molecule has 0 atom stereocenters. The Morgan fingerprint density at radius 1 is 0.789 bits per heavy atom. The van der Waals surface area contributed by atoms with E-state index in [1.54, 1.807) is 0 Å². The molecule has 0 saturated heterocycles. The van der Waals surface area contributed by atoms with Gasteiger partial charge in [0, 0.05) is 0 Å². The molecule has 0 heterocycles. The smallest absolute Gasteiger partial charge is 0.255 e. The van der Waals surface area contributed by atoms with E-state index in [0.29, 0.717) is 12.0 Å². The molecule has 0 aliphatic carbocycles. The summed E-state index contributed by atoms with van der Waals surface area (Å²) in [5, 5.41) is 0. The van der Waals surface area contributed by atoms with Crippen molar-refractivity contribution in [1.82, 2.24) is 0 Å². The standard InChI is InChI=1S/C15H10F2O2/c16-14(18)12-7-6-11(9-13(12)15(17)19)8-10-4-2-1-3-5-10/h1-7,9H,8H2. The molecule has 2 nitrogen and oxygen atoms in total. The molecule has 0 fully saturated rings. The van der Waals surface area contributed by atoms with Gasteiger partial charge in [-0.3, -0.25) is 9.59 Å². The van der Waals surface area contributed by atoms with Gasteiger partial charge in [-0.2, -0.15) is 8.78 Å². The first kappa shape index (κ1) is 13.1. The second-order valence-corrected chi connectivity index (χ2v) is 4.09. The first-order valence-corrected chi connectivity index (χ1v) is 5.64. The van der Waals surface area contributed by atoms with Crippen LogP contribution in [0.15, 0.2) is 48.5 Å². The summed E-state index contributed by atoms with van der Waals surface area (Å²) in [6.45, 7) is 0. The maximum atomic E-state index is 12.8. The van der Waals surface area contributed by atoms with Crippen molar-refractivity contribution in [1.29, 1.82) is 0 Å². The van der Waals surface area contributed by atoms with Crippen LogP contribution in [0, 0.1) is 0 Å². The van der Waals surface area contributed by atoms with Crippen LogP contribution in [0.4, 0.5) is 8.78 Å². The number of rotatable bonds is 4. The highest BCUT2D eigenvalue weighted by atomic mass is 19.1. The van der Waals surface area contributed by atoms with Crippen molar-refractivity contribution < 1.29 is 18.4 Å². The minimum atomic E-state index is -1.81. The van der Waals surface area contributed by atoms with Crippen molar-refractivity contribution in [3.8, 4) is 0 Å². The van der Waals surface area contributed by atoms with Crippen LogP contribution < -0.4 is 0 Å². The van der Waals surface area contributed by atoms with Crippen molar-refractivity contribution >= 4 is 12.1 Å². The van der Waals surface area contributed by atoms with Crippen molar-refractivity contribution in [2.24, 2.45) is 0 Å². The SMILES string of the molecule is O=C(F)c1ccc(Cc2ccccc2)cc1C(=O)F. The zero-order chi connectivity index (χ0) is 13.8. The Labute approximate surface area is 108 Å². The van der Waals surface area contributed by atoms with Gasteiger partial charge >= 0.3 is 12.1 Å². The highest BCUT2D eigenvalue weighted by Gasteiger charge is 2.17. The van der Waals surface area contributed by atoms with E-state index >= 15 is 0 Å². The summed E-state index contributed by atoms with van der Waals surface area (Å²) in [5.74, 6) is 0. The summed E-state index contributed by atoms with van der Waals surface area (Å²) in [6.07, 6.45) is 0.474. The van der Waals surface area contributed by atoms with Crippen LogP contribution in [-0.2, 0) is 6.42 Å². The van der Waals surface area contributed by atoms with Gasteiger partial charge in [0.05, 0.1) is 11.1 Å². The number of hydrogen-bond donors (Lipinski definition) is 0. The molecular formula is C15H10F2O2. The number of carbonyl (C=O) groups is 2. The first-order valence-electron chi connectivity index (χ1n) is 5.64. The van der Waals surface area contributed by atoms with Crippen molar-refractivity contribution in [2.75, 3.05) is 0 Å². The van der Waals surface area contributed by atoms with Crippen molar-refractivity contribution in [2.45, 2.75) is 6.42 Å². The molecular weight excluding hydrogens is 250 g/mol. The number of carbonyl (C=O) groups excluding carboxylic acids is 2. The zero-order valence-corrected chi connectivity index (χ0v) is 9.90. The molecule has 0 aliphatic heterocycles. The quantitative estimate of drug-likeness (QED) is 0.788. The zero-order valence-electron chi connectivity index (χ0n) is 9.90.